The van der Waals surface area contributed by atoms with E-state index >= 15 is 0 Å². The molecule has 0 N–H and O–H groups in total. The number of aromatic nitrogens is 1. The second-order valence-corrected chi connectivity index (χ2v) is 6.84. The number of rotatable bonds is 4. The minimum atomic E-state index is -3.65. The molecule has 2 aromatic rings. The number of hydrogen-bond acceptors (Lipinski definition) is 6. The average Bonchev–Trinajstić information content (AvgIpc) is 2.46. The van der Waals surface area contributed by atoms with E-state index in [0.29, 0.717) is 11.3 Å². The van der Waals surface area contributed by atoms with Crippen LogP contribution in [0.5, 0.6) is 5.75 Å². The van der Waals surface area contributed by atoms with Gasteiger partial charge in [0.15, 0.2) is 5.69 Å². The molecule has 0 radical (unpaired) electrons. The maximum Gasteiger partial charge on any atom is 0.358 e. The van der Waals surface area contributed by atoms with Gasteiger partial charge >= 0.3 is 16.1 Å². The van der Waals surface area contributed by atoms with Crippen molar-refractivity contribution in [2.24, 2.45) is 0 Å². The van der Waals surface area contributed by atoms with E-state index in [1.54, 1.807) is 6.07 Å². The number of benzene rings is 1. The van der Waals surface area contributed by atoms with Crippen molar-refractivity contribution in [3.05, 3.63) is 46.1 Å². The lowest BCUT2D eigenvalue weighted by Crippen LogP contribution is -2.06. The maximum absolute atomic E-state index is 11.6. The van der Waals surface area contributed by atoms with Gasteiger partial charge in [0.05, 0.1) is 29.1 Å². The monoisotopic (exact) mass is 375 g/mol. The van der Waals surface area contributed by atoms with Gasteiger partial charge in [-0.2, -0.15) is 8.42 Å². The second-order valence-electron chi connectivity index (χ2n) is 4.45. The van der Waals surface area contributed by atoms with E-state index in [4.69, 9.17) is 27.4 Å². The molecule has 0 atom stereocenters. The summed E-state index contributed by atoms with van der Waals surface area (Å²) in [7, 11) is -2.43. The summed E-state index contributed by atoms with van der Waals surface area (Å²) in [6.07, 6.45) is 0.929. The fourth-order valence-corrected chi connectivity index (χ4v) is 2.67. The third kappa shape index (κ3) is 4.34. The zero-order chi connectivity index (χ0) is 17.2. The Morgan fingerprint density at radius 1 is 1.13 bits per heavy atom. The summed E-state index contributed by atoms with van der Waals surface area (Å²) in [4.78, 5) is 15.8. The van der Waals surface area contributed by atoms with Crippen molar-refractivity contribution in [2.45, 2.75) is 0 Å². The first-order valence-corrected chi connectivity index (χ1v) is 8.73. The highest BCUT2D eigenvalue weighted by Crippen LogP contribution is 2.31. The summed E-state index contributed by atoms with van der Waals surface area (Å²) in [5, 5.41) is 0.352. The van der Waals surface area contributed by atoms with Crippen molar-refractivity contribution < 1.29 is 22.1 Å². The van der Waals surface area contributed by atoms with Crippen molar-refractivity contribution in [2.75, 3.05) is 13.4 Å². The van der Waals surface area contributed by atoms with Gasteiger partial charge in [-0.05, 0) is 24.3 Å². The van der Waals surface area contributed by atoms with Crippen LogP contribution in [0, 0.1) is 0 Å². The molecule has 0 spiro atoms. The van der Waals surface area contributed by atoms with Crippen LogP contribution in [0.2, 0.25) is 10.0 Å². The predicted molar refractivity (Wildman–Crippen MR) is 86.5 cm³/mol. The third-order valence-electron chi connectivity index (χ3n) is 2.69. The molecule has 0 amide bonds. The lowest BCUT2D eigenvalue weighted by molar-refractivity contribution is 0.0594. The molecule has 0 saturated heterocycles. The van der Waals surface area contributed by atoms with E-state index in [2.05, 4.69) is 9.72 Å². The first-order chi connectivity index (χ1) is 10.7. The SMILES string of the molecule is COC(=O)c1nc(-c2ccc(OS(C)(=O)=O)cc2Cl)ccc1Cl. The lowest BCUT2D eigenvalue weighted by atomic mass is 10.1. The first kappa shape index (κ1) is 17.5. The van der Waals surface area contributed by atoms with E-state index in [1.807, 2.05) is 0 Å². The van der Waals surface area contributed by atoms with Crippen LogP contribution < -0.4 is 4.18 Å². The van der Waals surface area contributed by atoms with Crippen LogP contribution in [-0.4, -0.2) is 32.7 Å². The second kappa shape index (κ2) is 6.74. The summed E-state index contributed by atoms with van der Waals surface area (Å²) >= 11 is 12.0. The Hall–Kier alpha value is -1.83. The van der Waals surface area contributed by atoms with Crippen LogP contribution in [0.15, 0.2) is 30.3 Å². The van der Waals surface area contributed by atoms with Gasteiger partial charge in [0.25, 0.3) is 0 Å². The van der Waals surface area contributed by atoms with Crippen molar-refractivity contribution in [1.82, 2.24) is 4.98 Å². The number of carbonyl (C=O) groups excluding carboxylic acids is 1. The molecule has 23 heavy (non-hydrogen) atoms. The number of ether oxygens (including phenoxy) is 1. The minimum Gasteiger partial charge on any atom is -0.464 e. The highest BCUT2D eigenvalue weighted by molar-refractivity contribution is 7.86. The van der Waals surface area contributed by atoms with Crippen LogP contribution in [0.25, 0.3) is 11.3 Å². The molecule has 0 aliphatic rings. The third-order valence-corrected chi connectivity index (χ3v) is 3.80. The average molecular weight is 376 g/mol. The molecular weight excluding hydrogens is 365 g/mol. The van der Waals surface area contributed by atoms with Gasteiger partial charge in [-0.3, -0.25) is 0 Å². The molecule has 0 saturated carbocycles. The van der Waals surface area contributed by atoms with Gasteiger partial charge in [0, 0.05) is 11.6 Å². The maximum atomic E-state index is 11.6. The molecule has 0 bridgehead atoms. The number of carbonyl (C=O) groups is 1. The van der Waals surface area contributed by atoms with E-state index < -0.39 is 16.1 Å². The van der Waals surface area contributed by atoms with Crippen molar-refractivity contribution in [3.8, 4) is 17.0 Å². The van der Waals surface area contributed by atoms with Crippen LogP contribution >= 0.6 is 23.2 Å². The van der Waals surface area contributed by atoms with E-state index in [1.165, 1.54) is 31.4 Å². The molecule has 1 heterocycles. The molecule has 2 rings (SSSR count). The molecule has 1 aromatic carbocycles. The first-order valence-electron chi connectivity index (χ1n) is 6.15. The van der Waals surface area contributed by atoms with Crippen molar-refractivity contribution in [3.63, 3.8) is 0 Å². The topological polar surface area (TPSA) is 82.6 Å². The van der Waals surface area contributed by atoms with Gasteiger partial charge in [-0.1, -0.05) is 23.2 Å². The summed E-state index contributed by atoms with van der Waals surface area (Å²) in [6, 6.07) is 7.36. The fraction of sp³-hybridized carbons (Fsp3) is 0.143. The number of hydrogen-bond donors (Lipinski definition) is 0. The van der Waals surface area contributed by atoms with Gasteiger partial charge in [0.2, 0.25) is 0 Å². The number of halogens is 2. The number of esters is 1. The van der Waals surface area contributed by atoms with Crippen molar-refractivity contribution >= 4 is 39.3 Å². The largest absolute Gasteiger partial charge is 0.464 e. The van der Waals surface area contributed by atoms with Crippen molar-refractivity contribution in [1.29, 1.82) is 0 Å². The van der Waals surface area contributed by atoms with Gasteiger partial charge in [-0.25, -0.2) is 9.78 Å². The summed E-state index contributed by atoms with van der Waals surface area (Å²) in [5.74, 6) is -0.603. The number of pyridine rings is 1. The molecule has 122 valence electrons. The van der Waals surface area contributed by atoms with Gasteiger partial charge in [-0.15, -0.1) is 0 Å². The Balaban J connectivity index is 2.45. The highest BCUT2D eigenvalue weighted by Gasteiger charge is 2.16. The smallest absolute Gasteiger partial charge is 0.358 e. The van der Waals surface area contributed by atoms with Gasteiger partial charge < -0.3 is 8.92 Å². The Morgan fingerprint density at radius 3 is 2.39 bits per heavy atom. The normalized spacial score (nSPS) is 11.1. The molecule has 6 nitrogen and oxygen atoms in total. The molecular formula is C14H11Cl2NO5S. The van der Waals surface area contributed by atoms with Crippen LogP contribution in [0.4, 0.5) is 0 Å². The molecule has 9 heteroatoms. The summed E-state index contributed by atoms with van der Waals surface area (Å²) in [5.41, 5.74) is 0.819. The Morgan fingerprint density at radius 2 is 1.83 bits per heavy atom. The zero-order valence-corrected chi connectivity index (χ0v) is 14.4. The molecule has 1 aromatic heterocycles. The van der Waals surface area contributed by atoms with E-state index in [-0.39, 0.29) is 21.5 Å². The van der Waals surface area contributed by atoms with Crippen LogP contribution in [-0.2, 0) is 14.9 Å². The quantitative estimate of drug-likeness (QED) is 0.602. The highest BCUT2D eigenvalue weighted by atomic mass is 35.5. The lowest BCUT2D eigenvalue weighted by Gasteiger charge is -2.09. The Labute approximate surface area is 143 Å². The Kier molecular flexibility index (Phi) is 5.13. The Bertz CT molecular complexity index is 867. The molecule has 0 fully saturated rings. The minimum absolute atomic E-state index is 0.0424. The molecule has 0 aliphatic heterocycles. The standard InChI is InChI=1S/C14H11Cl2NO5S/c1-21-14(18)13-10(15)5-6-12(17-13)9-4-3-8(7-11(9)16)22-23(2,19)20/h3-7H,1-2H3. The van der Waals surface area contributed by atoms with E-state index in [0.717, 1.165) is 6.26 Å². The van der Waals surface area contributed by atoms with Crippen LogP contribution in [0.3, 0.4) is 0 Å². The summed E-state index contributed by atoms with van der Waals surface area (Å²) in [6.45, 7) is 0. The zero-order valence-electron chi connectivity index (χ0n) is 12.0. The molecule has 0 aliphatic carbocycles. The summed E-state index contributed by atoms with van der Waals surface area (Å²) < 4.78 is 31.6. The number of nitrogens with zero attached hydrogens (tertiary/aromatic N) is 1. The molecule has 0 unspecified atom stereocenters. The van der Waals surface area contributed by atoms with Crippen LogP contribution in [0.1, 0.15) is 10.5 Å². The fourth-order valence-electron chi connectivity index (χ4n) is 1.76. The van der Waals surface area contributed by atoms with Gasteiger partial charge in [0.1, 0.15) is 5.75 Å². The van der Waals surface area contributed by atoms with E-state index in [9.17, 15) is 13.2 Å². The number of methoxy groups -OCH3 is 1. The predicted octanol–water partition coefficient (Wildman–Crippen LogP) is 3.18.